The molecule has 0 spiro atoms. The summed E-state index contributed by atoms with van der Waals surface area (Å²) in [4.78, 5) is 23.1. The summed E-state index contributed by atoms with van der Waals surface area (Å²) in [6, 6.07) is 15.6. The molecule has 144 valence electrons. The van der Waals surface area contributed by atoms with Crippen molar-refractivity contribution in [2.45, 2.75) is 49.3 Å². The zero-order valence-corrected chi connectivity index (χ0v) is 16.7. The summed E-state index contributed by atoms with van der Waals surface area (Å²) in [5.74, 6) is 0. The van der Waals surface area contributed by atoms with Crippen molar-refractivity contribution in [2.75, 3.05) is 0 Å². The van der Waals surface area contributed by atoms with Crippen LogP contribution in [0.2, 0.25) is 0 Å². The summed E-state index contributed by atoms with van der Waals surface area (Å²) >= 11 is 1.28. The lowest BCUT2D eigenvalue weighted by atomic mass is 9.95. The molecule has 0 aromatic heterocycles. The Kier molecular flexibility index (Phi) is 6.26. The van der Waals surface area contributed by atoms with E-state index in [1.807, 2.05) is 12.1 Å². The third-order valence-electron chi connectivity index (χ3n) is 4.50. The number of thioether (sulfide) groups is 1. The van der Waals surface area contributed by atoms with Crippen LogP contribution in [0.4, 0.5) is 0 Å². The molecule has 2 aromatic rings. The van der Waals surface area contributed by atoms with E-state index in [-0.39, 0.29) is 9.85 Å². The van der Waals surface area contributed by atoms with Gasteiger partial charge >= 0.3 is 0 Å². The van der Waals surface area contributed by atoms with Gasteiger partial charge in [0.25, 0.3) is 12.1 Å². The molecule has 0 aliphatic heterocycles. The van der Waals surface area contributed by atoms with Gasteiger partial charge in [-0.15, -0.1) is 11.8 Å². The first-order valence-electron chi connectivity index (χ1n) is 8.63. The van der Waals surface area contributed by atoms with Crippen LogP contribution in [0.5, 0.6) is 0 Å². The molecule has 2 atom stereocenters. The van der Waals surface area contributed by atoms with E-state index in [0.717, 1.165) is 0 Å². The maximum Gasteiger partial charge on any atom is 0.251 e. The quantitative estimate of drug-likeness (QED) is 0.451. The van der Waals surface area contributed by atoms with Gasteiger partial charge in [-0.1, -0.05) is 60.7 Å². The van der Waals surface area contributed by atoms with E-state index in [2.05, 4.69) is 0 Å². The third kappa shape index (κ3) is 4.86. The smallest absolute Gasteiger partial charge is 0.251 e. The SMILES string of the molecule is CC(C)(SC(C)(C)C(c1ccccc1)[N+](=O)[O-])C(c1ccccc1)[N+](=O)[O-]. The molecule has 0 amide bonds. The molecule has 27 heavy (non-hydrogen) atoms. The van der Waals surface area contributed by atoms with Crippen molar-refractivity contribution < 1.29 is 9.85 Å². The molecule has 0 saturated heterocycles. The lowest BCUT2D eigenvalue weighted by Gasteiger charge is -2.37. The highest BCUT2D eigenvalue weighted by Crippen LogP contribution is 2.50. The average Bonchev–Trinajstić information content (AvgIpc) is 2.54. The minimum atomic E-state index is -0.980. The maximum atomic E-state index is 11.9. The Labute approximate surface area is 163 Å². The minimum Gasteiger partial charge on any atom is -0.264 e. The molecule has 0 radical (unpaired) electrons. The molecule has 2 rings (SSSR count). The molecular weight excluding hydrogens is 364 g/mol. The van der Waals surface area contributed by atoms with Crippen molar-refractivity contribution in [3.8, 4) is 0 Å². The molecule has 0 aliphatic carbocycles. The third-order valence-corrected chi connectivity index (χ3v) is 5.99. The Morgan fingerprint density at radius 2 is 1.00 bits per heavy atom. The van der Waals surface area contributed by atoms with E-state index >= 15 is 0 Å². The zero-order valence-electron chi connectivity index (χ0n) is 15.9. The van der Waals surface area contributed by atoms with Crippen molar-refractivity contribution in [1.29, 1.82) is 0 Å². The fourth-order valence-electron chi connectivity index (χ4n) is 3.61. The van der Waals surface area contributed by atoms with E-state index < -0.39 is 21.6 Å². The Balaban J connectivity index is 2.40. The summed E-state index contributed by atoms with van der Waals surface area (Å²) in [5, 5.41) is 23.7. The number of nitrogens with zero attached hydrogens (tertiary/aromatic N) is 2. The summed E-state index contributed by atoms with van der Waals surface area (Å²) in [6.45, 7) is 7.12. The van der Waals surface area contributed by atoms with Crippen molar-refractivity contribution in [2.24, 2.45) is 0 Å². The number of nitro groups is 2. The van der Waals surface area contributed by atoms with Gasteiger partial charge in [-0.05, 0) is 27.7 Å². The molecule has 0 aliphatic rings. The first-order valence-corrected chi connectivity index (χ1v) is 9.45. The molecule has 2 aromatic carbocycles. The second-order valence-corrected chi connectivity index (χ2v) is 9.81. The monoisotopic (exact) mass is 388 g/mol. The Bertz CT molecular complexity index is 727. The minimum absolute atomic E-state index is 0.303. The predicted molar refractivity (Wildman–Crippen MR) is 108 cm³/mol. The summed E-state index contributed by atoms with van der Waals surface area (Å²) in [5.41, 5.74) is 1.18. The fourth-order valence-corrected chi connectivity index (χ4v) is 5.64. The highest BCUT2D eigenvalue weighted by atomic mass is 32.2. The van der Waals surface area contributed by atoms with Crippen molar-refractivity contribution in [1.82, 2.24) is 0 Å². The maximum absolute atomic E-state index is 11.9. The van der Waals surface area contributed by atoms with Gasteiger partial charge in [0.05, 0.1) is 9.49 Å². The highest BCUT2D eigenvalue weighted by molar-refractivity contribution is 8.02. The van der Waals surface area contributed by atoms with E-state index in [4.69, 9.17) is 0 Å². The van der Waals surface area contributed by atoms with Crippen LogP contribution < -0.4 is 0 Å². The number of hydrogen-bond donors (Lipinski definition) is 0. The van der Waals surface area contributed by atoms with Crippen LogP contribution in [0.25, 0.3) is 0 Å². The Morgan fingerprint density at radius 3 is 1.26 bits per heavy atom. The van der Waals surface area contributed by atoms with Gasteiger partial charge < -0.3 is 0 Å². The topological polar surface area (TPSA) is 86.3 Å². The van der Waals surface area contributed by atoms with Crippen LogP contribution in [0, 0.1) is 20.2 Å². The van der Waals surface area contributed by atoms with Crippen LogP contribution in [-0.4, -0.2) is 19.3 Å². The van der Waals surface area contributed by atoms with Gasteiger partial charge in [0.2, 0.25) is 0 Å². The van der Waals surface area contributed by atoms with Crippen LogP contribution >= 0.6 is 11.8 Å². The molecule has 0 bridgehead atoms. The lowest BCUT2D eigenvalue weighted by molar-refractivity contribution is -0.536. The summed E-state index contributed by atoms with van der Waals surface area (Å²) < 4.78 is -1.73. The number of rotatable bonds is 8. The van der Waals surface area contributed by atoms with Crippen LogP contribution in [0.15, 0.2) is 60.7 Å². The highest BCUT2D eigenvalue weighted by Gasteiger charge is 2.50. The van der Waals surface area contributed by atoms with Gasteiger partial charge in [0, 0.05) is 21.0 Å². The van der Waals surface area contributed by atoms with E-state index in [1.165, 1.54) is 11.8 Å². The van der Waals surface area contributed by atoms with Crippen LogP contribution in [0.3, 0.4) is 0 Å². The second kappa shape index (κ2) is 8.08. The van der Waals surface area contributed by atoms with Gasteiger partial charge in [0.15, 0.2) is 0 Å². The lowest BCUT2D eigenvalue weighted by Crippen LogP contribution is -2.40. The van der Waals surface area contributed by atoms with Gasteiger partial charge in [-0.3, -0.25) is 20.2 Å². The summed E-state index contributed by atoms with van der Waals surface area (Å²) in [7, 11) is 0. The first kappa shape index (κ1) is 20.9. The van der Waals surface area contributed by atoms with Crippen LogP contribution in [0.1, 0.15) is 50.9 Å². The second-order valence-electron chi connectivity index (χ2n) is 7.51. The van der Waals surface area contributed by atoms with Gasteiger partial charge in [-0.2, -0.15) is 0 Å². The molecule has 7 heteroatoms. The first-order chi connectivity index (χ1) is 12.6. The van der Waals surface area contributed by atoms with Crippen LogP contribution in [-0.2, 0) is 0 Å². The Morgan fingerprint density at radius 1 is 0.704 bits per heavy atom. The van der Waals surface area contributed by atoms with E-state index in [0.29, 0.717) is 11.1 Å². The molecule has 0 N–H and O–H groups in total. The molecule has 2 unspecified atom stereocenters. The van der Waals surface area contributed by atoms with E-state index in [9.17, 15) is 20.2 Å². The number of hydrogen-bond acceptors (Lipinski definition) is 5. The van der Waals surface area contributed by atoms with Crippen molar-refractivity contribution in [3.05, 3.63) is 92.0 Å². The fraction of sp³-hybridized carbons (Fsp3) is 0.400. The molecule has 0 saturated carbocycles. The average molecular weight is 388 g/mol. The Hall–Kier alpha value is -2.41. The van der Waals surface area contributed by atoms with Crippen molar-refractivity contribution >= 4 is 11.8 Å². The molecule has 0 heterocycles. The molecular formula is C20H24N2O4S. The van der Waals surface area contributed by atoms with E-state index in [1.54, 1.807) is 76.2 Å². The normalized spacial score (nSPS) is 14.4. The van der Waals surface area contributed by atoms with Crippen molar-refractivity contribution in [3.63, 3.8) is 0 Å². The van der Waals surface area contributed by atoms with Gasteiger partial charge in [-0.25, -0.2) is 0 Å². The predicted octanol–water partition coefficient (Wildman–Crippen LogP) is 5.31. The van der Waals surface area contributed by atoms with Gasteiger partial charge in [0.1, 0.15) is 0 Å². The molecule has 0 fully saturated rings. The number of benzene rings is 2. The largest absolute Gasteiger partial charge is 0.264 e. The standard InChI is InChI=1S/C20H24N2O4S/c1-19(2,17(21(23)24)15-11-7-5-8-12-15)27-20(3,4)18(22(25)26)16-13-9-6-10-14-16/h5-14,17-18H,1-4H3. The zero-order chi connectivity index (χ0) is 20.2. The molecule has 6 nitrogen and oxygen atoms in total. The summed E-state index contributed by atoms with van der Waals surface area (Å²) in [6.07, 6.45) is 0.